The molecular weight excluding hydrogens is 299 g/mol. The smallest absolute Gasteiger partial charge is 0.366 e. The van der Waals surface area contributed by atoms with Crippen molar-refractivity contribution in [2.75, 3.05) is 6.26 Å². The second kappa shape index (κ2) is 5.81. The van der Waals surface area contributed by atoms with Crippen LogP contribution < -0.4 is 5.73 Å². The molecule has 2 N–H and O–H groups in total. The maximum absolute atomic E-state index is 13.3. The highest BCUT2D eigenvalue weighted by Gasteiger charge is 2.34. The van der Waals surface area contributed by atoms with Gasteiger partial charge in [0.05, 0.1) is 5.56 Å². The molecule has 0 radical (unpaired) electrons. The third kappa shape index (κ3) is 3.21. The summed E-state index contributed by atoms with van der Waals surface area (Å²) in [5.41, 5.74) is 4.68. The van der Waals surface area contributed by atoms with Crippen LogP contribution in [-0.2, 0) is 6.18 Å². The van der Waals surface area contributed by atoms with E-state index < -0.39 is 17.6 Å². The maximum Gasteiger partial charge on any atom is 0.417 e. The highest BCUT2D eigenvalue weighted by molar-refractivity contribution is 7.98. The van der Waals surface area contributed by atoms with Crippen LogP contribution in [0.4, 0.5) is 13.2 Å². The van der Waals surface area contributed by atoms with Crippen LogP contribution in [0, 0.1) is 0 Å². The number of carbonyl (C=O) groups is 1. The molecule has 1 amide bonds. The molecule has 0 atom stereocenters. The van der Waals surface area contributed by atoms with Gasteiger partial charge in [0.2, 0.25) is 5.91 Å². The Balaban J connectivity index is 2.73. The summed E-state index contributed by atoms with van der Waals surface area (Å²) in [4.78, 5) is 11.9. The summed E-state index contributed by atoms with van der Waals surface area (Å²) in [6.45, 7) is 0. The van der Waals surface area contributed by atoms with E-state index in [2.05, 4.69) is 0 Å². The van der Waals surface area contributed by atoms with E-state index in [1.165, 1.54) is 30.0 Å². The van der Waals surface area contributed by atoms with Crippen LogP contribution in [-0.4, -0.2) is 12.2 Å². The lowest BCUT2D eigenvalue weighted by Crippen LogP contribution is -2.14. The lowest BCUT2D eigenvalue weighted by molar-refractivity contribution is -0.137. The molecular formula is C15H12F3NOS. The van der Waals surface area contributed by atoms with Gasteiger partial charge in [-0.3, -0.25) is 4.79 Å². The Morgan fingerprint density at radius 3 is 2.33 bits per heavy atom. The SMILES string of the molecule is CSc1ccc(-c2ccccc2C(N)=O)c(C(F)(F)F)c1. The van der Waals surface area contributed by atoms with Crippen LogP contribution in [0.2, 0.25) is 0 Å². The zero-order chi connectivity index (χ0) is 15.6. The molecule has 0 aliphatic carbocycles. The van der Waals surface area contributed by atoms with Crippen molar-refractivity contribution in [1.29, 1.82) is 0 Å². The summed E-state index contributed by atoms with van der Waals surface area (Å²) in [6, 6.07) is 10.1. The average Bonchev–Trinajstić information content (AvgIpc) is 2.45. The first-order chi connectivity index (χ1) is 9.84. The number of halogens is 3. The first kappa shape index (κ1) is 15.4. The first-order valence-electron chi connectivity index (χ1n) is 5.99. The number of rotatable bonds is 3. The Bertz CT molecular complexity index is 683. The van der Waals surface area contributed by atoms with Gasteiger partial charge in [-0.15, -0.1) is 11.8 Å². The van der Waals surface area contributed by atoms with Gasteiger partial charge in [0.25, 0.3) is 0 Å². The van der Waals surface area contributed by atoms with Crippen molar-refractivity contribution in [2.45, 2.75) is 11.1 Å². The molecule has 0 saturated heterocycles. The summed E-state index contributed by atoms with van der Waals surface area (Å²) in [5.74, 6) is -0.757. The summed E-state index contributed by atoms with van der Waals surface area (Å²) in [5, 5.41) is 0. The molecule has 0 aliphatic heterocycles. The molecule has 2 nitrogen and oxygen atoms in total. The highest BCUT2D eigenvalue weighted by Crippen LogP contribution is 2.39. The molecule has 2 rings (SSSR count). The molecule has 0 fully saturated rings. The standard InChI is InChI=1S/C15H12F3NOS/c1-21-9-6-7-11(13(8-9)15(16,17)18)10-4-2-3-5-12(10)14(19)20/h2-8H,1H3,(H2,19,20). The van der Waals surface area contributed by atoms with E-state index in [1.54, 1.807) is 24.5 Å². The number of alkyl halides is 3. The summed E-state index contributed by atoms with van der Waals surface area (Å²) >= 11 is 1.22. The van der Waals surface area contributed by atoms with Crippen molar-refractivity contribution in [1.82, 2.24) is 0 Å². The van der Waals surface area contributed by atoms with Gasteiger partial charge in [-0.05, 0) is 35.6 Å². The fraction of sp³-hybridized carbons (Fsp3) is 0.133. The summed E-state index contributed by atoms with van der Waals surface area (Å²) in [7, 11) is 0. The quantitative estimate of drug-likeness (QED) is 0.864. The predicted octanol–water partition coefficient (Wildman–Crippen LogP) is 4.19. The monoisotopic (exact) mass is 311 g/mol. The molecule has 0 saturated carbocycles. The third-order valence-corrected chi connectivity index (χ3v) is 3.74. The molecule has 0 aromatic heterocycles. The van der Waals surface area contributed by atoms with Crippen molar-refractivity contribution in [3.05, 3.63) is 53.6 Å². The fourth-order valence-electron chi connectivity index (χ4n) is 2.05. The maximum atomic E-state index is 13.3. The minimum Gasteiger partial charge on any atom is -0.366 e. The molecule has 2 aromatic carbocycles. The topological polar surface area (TPSA) is 43.1 Å². The highest BCUT2D eigenvalue weighted by atomic mass is 32.2. The molecule has 0 bridgehead atoms. The van der Waals surface area contributed by atoms with Crippen molar-refractivity contribution in [3.63, 3.8) is 0 Å². The molecule has 6 heteroatoms. The number of primary amides is 1. The van der Waals surface area contributed by atoms with E-state index >= 15 is 0 Å². The third-order valence-electron chi connectivity index (χ3n) is 3.01. The van der Waals surface area contributed by atoms with Gasteiger partial charge in [-0.1, -0.05) is 24.3 Å². The van der Waals surface area contributed by atoms with Crippen molar-refractivity contribution >= 4 is 17.7 Å². The number of hydrogen-bond acceptors (Lipinski definition) is 2. The number of nitrogens with two attached hydrogens (primary N) is 1. The minimum atomic E-state index is -4.51. The van der Waals surface area contributed by atoms with E-state index in [4.69, 9.17) is 5.73 Å². The van der Waals surface area contributed by atoms with Crippen molar-refractivity contribution < 1.29 is 18.0 Å². The second-order valence-electron chi connectivity index (χ2n) is 4.32. The normalized spacial score (nSPS) is 11.4. The Kier molecular flexibility index (Phi) is 4.27. The zero-order valence-electron chi connectivity index (χ0n) is 11.1. The van der Waals surface area contributed by atoms with E-state index in [9.17, 15) is 18.0 Å². The van der Waals surface area contributed by atoms with Crippen LogP contribution in [0.15, 0.2) is 47.4 Å². The van der Waals surface area contributed by atoms with E-state index in [0.29, 0.717) is 4.90 Å². The zero-order valence-corrected chi connectivity index (χ0v) is 11.9. The minimum absolute atomic E-state index is 0.0466. The molecule has 2 aromatic rings. The Labute approximate surface area is 124 Å². The predicted molar refractivity (Wildman–Crippen MR) is 77.2 cm³/mol. The molecule has 110 valence electrons. The van der Waals surface area contributed by atoms with E-state index in [1.807, 2.05) is 0 Å². The number of benzene rings is 2. The van der Waals surface area contributed by atoms with Crippen LogP contribution in [0.3, 0.4) is 0 Å². The van der Waals surface area contributed by atoms with Gasteiger partial charge in [0.15, 0.2) is 0 Å². The molecule has 0 heterocycles. The molecule has 0 aliphatic rings. The van der Waals surface area contributed by atoms with Gasteiger partial charge in [0.1, 0.15) is 0 Å². The van der Waals surface area contributed by atoms with Gasteiger partial charge >= 0.3 is 6.18 Å². The lowest BCUT2D eigenvalue weighted by Gasteiger charge is -2.16. The largest absolute Gasteiger partial charge is 0.417 e. The van der Waals surface area contributed by atoms with Gasteiger partial charge in [-0.2, -0.15) is 13.2 Å². The Morgan fingerprint density at radius 2 is 1.76 bits per heavy atom. The first-order valence-corrected chi connectivity index (χ1v) is 7.21. The second-order valence-corrected chi connectivity index (χ2v) is 5.20. The summed E-state index contributed by atoms with van der Waals surface area (Å²) in [6.07, 6.45) is -2.81. The van der Waals surface area contributed by atoms with Gasteiger partial charge < -0.3 is 5.73 Å². The number of amides is 1. The molecule has 0 unspecified atom stereocenters. The van der Waals surface area contributed by atoms with Crippen molar-refractivity contribution in [2.24, 2.45) is 5.73 Å². The van der Waals surface area contributed by atoms with E-state index in [0.717, 1.165) is 6.07 Å². The number of thioether (sulfide) groups is 1. The Hall–Kier alpha value is -1.95. The van der Waals surface area contributed by atoms with Crippen molar-refractivity contribution in [3.8, 4) is 11.1 Å². The molecule has 0 spiro atoms. The van der Waals surface area contributed by atoms with Crippen LogP contribution in [0.25, 0.3) is 11.1 Å². The average molecular weight is 311 g/mol. The Morgan fingerprint density at radius 1 is 1.10 bits per heavy atom. The lowest BCUT2D eigenvalue weighted by atomic mass is 9.95. The number of carbonyl (C=O) groups excluding carboxylic acids is 1. The van der Waals surface area contributed by atoms with Crippen LogP contribution in [0.5, 0.6) is 0 Å². The molecule has 21 heavy (non-hydrogen) atoms. The van der Waals surface area contributed by atoms with Gasteiger partial charge in [0, 0.05) is 10.5 Å². The summed E-state index contributed by atoms with van der Waals surface area (Å²) < 4.78 is 39.8. The number of hydrogen-bond donors (Lipinski definition) is 1. The van der Waals surface area contributed by atoms with Gasteiger partial charge in [-0.25, -0.2) is 0 Å². The van der Waals surface area contributed by atoms with Crippen LogP contribution >= 0.6 is 11.8 Å². The van der Waals surface area contributed by atoms with Crippen LogP contribution in [0.1, 0.15) is 15.9 Å². The fourth-order valence-corrected chi connectivity index (χ4v) is 2.49. The van der Waals surface area contributed by atoms with E-state index in [-0.39, 0.29) is 16.7 Å².